The zero-order valence-electron chi connectivity index (χ0n) is 15.9. The van der Waals surface area contributed by atoms with Gasteiger partial charge in [0, 0.05) is 4.88 Å². The molecule has 1 aliphatic carbocycles. The Bertz CT molecular complexity index is 968. The van der Waals surface area contributed by atoms with Crippen molar-refractivity contribution in [2.24, 2.45) is 5.92 Å². The number of carbonyl (C=O) groups is 2. The molecule has 0 spiro atoms. The van der Waals surface area contributed by atoms with E-state index in [0.29, 0.717) is 22.9 Å². The van der Waals surface area contributed by atoms with Gasteiger partial charge in [0.1, 0.15) is 11.5 Å². The third kappa shape index (κ3) is 4.35. The van der Waals surface area contributed by atoms with Crippen LogP contribution in [0.3, 0.4) is 0 Å². The summed E-state index contributed by atoms with van der Waals surface area (Å²) in [5.74, 6) is -0.640. The first-order valence-electron chi connectivity index (χ1n) is 8.85. The molecule has 1 atom stereocenters. The molecule has 158 valence electrons. The van der Waals surface area contributed by atoms with Crippen LogP contribution in [0.25, 0.3) is 0 Å². The molecule has 1 aliphatic rings. The minimum absolute atomic E-state index is 0.181. The Morgan fingerprint density at radius 3 is 2.69 bits per heavy atom. The van der Waals surface area contributed by atoms with Crippen molar-refractivity contribution in [1.82, 2.24) is 9.78 Å². The zero-order valence-corrected chi connectivity index (χ0v) is 18.3. The van der Waals surface area contributed by atoms with Crippen LogP contribution in [0.15, 0.2) is 4.47 Å². The molecule has 2 heterocycles. The van der Waals surface area contributed by atoms with Gasteiger partial charge in [0.2, 0.25) is 5.91 Å². The molecule has 0 aromatic carbocycles. The van der Waals surface area contributed by atoms with Crippen LogP contribution >= 0.6 is 27.3 Å². The fourth-order valence-electron chi connectivity index (χ4n) is 3.32. The van der Waals surface area contributed by atoms with Gasteiger partial charge in [-0.25, -0.2) is 4.79 Å². The Labute approximate surface area is 177 Å². The maximum atomic E-state index is 13.0. The van der Waals surface area contributed by atoms with E-state index in [4.69, 9.17) is 4.74 Å². The first-order valence-corrected chi connectivity index (χ1v) is 10.5. The van der Waals surface area contributed by atoms with E-state index in [1.807, 2.05) is 0 Å². The minimum atomic E-state index is -4.63. The molecule has 0 aliphatic heterocycles. The van der Waals surface area contributed by atoms with E-state index in [2.05, 4.69) is 33.3 Å². The number of esters is 1. The van der Waals surface area contributed by atoms with Gasteiger partial charge in [0.15, 0.2) is 5.69 Å². The summed E-state index contributed by atoms with van der Waals surface area (Å²) in [5.41, 5.74) is 0.313. The Morgan fingerprint density at radius 1 is 1.41 bits per heavy atom. The first kappa shape index (κ1) is 21.8. The number of nitrogens with one attached hydrogen (secondary N) is 1. The number of hydrogen-bond acceptors (Lipinski definition) is 5. The number of anilines is 1. The van der Waals surface area contributed by atoms with E-state index in [9.17, 15) is 22.8 Å². The standard InChI is InChI=1S/C18H19BrF3N3O3S/c1-8-4-5-10-11(6-8)29-16(13(10)17(27)28-3)23-12(26)7-25-9(2)14(19)15(24-25)18(20,21)22/h8H,4-7H2,1-3H3,(H,23,26)/t8-/m1/s1. The number of nitrogens with zero attached hydrogens (tertiary/aromatic N) is 2. The molecular weight excluding hydrogens is 475 g/mol. The van der Waals surface area contributed by atoms with Gasteiger partial charge in [0.05, 0.1) is 22.8 Å². The van der Waals surface area contributed by atoms with Crippen LogP contribution in [-0.4, -0.2) is 28.8 Å². The normalized spacial score (nSPS) is 16.4. The predicted octanol–water partition coefficient (Wildman–Crippen LogP) is 4.58. The average Bonchev–Trinajstić information content (AvgIpc) is 3.12. The molecule has 1 amide bonds. The van der Waals surface area contributed by atoms with Gasteiger partial charge in [-0.15, -0.1) is 11.3 Å². The van der Waals surface area contributed by atoms with E-state index in [0.717, 1.165) is 28.0 Å². The van der Waals surface area contributed by atoms with Crippen molar-refractivity contribution in [3.63, 3.8) is 0 Å². The highest BCUT2D eigenvalue weighted by molar-refractivity contribution is 9.10. The SMILES string of the molecule is COC(=O)c1c(NC(=O)Cn2nc(C(F)(F)F)c(Br)c2C)sc2c1CC[C@@H](C)C2. The van der Waals surface area contributed by atoms with Crippen LogP contribution in [0.5, 0.6) is 0 Å². The lowest BCUT2D eigenvalue weighted by Crippen LogP contribution is -2.21. The number of aromatic nitrogens is 2. The Morgan fingerprint density at radius 2 is 2.10 bits per heavy atom. The van der Waals surface area contributed by atoms with E-state index >= 15 is 0 Å². The summed E-state index contributed by atoms with van der Waals surface area (Å²) in [6.45, 7) is 3.14. The summed E-state index contributed by atoms with van der Waals surface area (Å²) in [5, 5.41) is 6.53. The van der Waals surface area contributed by atoms with Crippen molar-refractivity contribution in [2.75, 3.05) is 12.4 Å². The number of amides is 1. The minimum Gasteiger partial charge on any atom is -0.465 e. The lowest BCUT2D eigenvalue weighted by molar-refractivity contribution is -0.142. The molecule has 0 unspecified atom stereocenters. The number of carbonyl (C=O) groups excluding carboxylic acids is 2. The second-order valence-electron chi connectivity index (χ2n) is 7.00. The maximum absolute atomic E-state index is 13.0. The van der Waals surface area contributed by atoms with Crippen LogP contribution in [0.1, 0.15) is 45.5 Å². The quantitative estimate of drug-likeness (QED) is 0.632. The van der Waals surface area contributed by atoms with E-state index in [1.165, 1.54) is 25.4 Å². The summed E-state index contributed by atoms with van der Waals surface area (Å²) in [4.78, 5) is 25.8. The van der Waals surface area contributed by atoms with Crippen LogP contribution < -0.4 is 5.32 Å². The van der Waals surface area contributed by atoms with Crippen molar-refractivity contribution in [3.05, 3.63) is 31.9 Å². The molecule has 0 radical (unpaired) electrons. The molecule has 6 nitrogen and oxygen atoms in total. The summed E-state index contributed by atoms with van der Waals surface area (Å²) < 4.78 is 44.7. The Balaban J connectivity index is 1.86. The molecule has 0 saturated heterocycles. The topological polar surface area (TPSA) is 73.2 Å². The molecule has 0 saturated carbocycles. The van der Waals surface area contributed by atoms with Gasteiger partial charge in [-0.2, -0.15) is 18.3 Å². The second kappa shape index (κ2) is 8.10. The fraction of sp³-hybridized carbons (Fsp3) is 0.500. The van der Waals surface area contributed by atoms with Gasteiger partial charge in [-0.05, 0) is 53.6 Å². The highest BCUT2D eigenvalue weighted by Gasteiger charge is 2.38. The zero-order chi connectivity index (χ0) is 21.5. The van der Waals surface area contributed by atoms with Gasteiger partial charge >= 0.3 is 12.1 Å². The van der Waals surface area contributed by atoms with Crippen LogP contribution in [0.2, 0.25) is 0 Å². The number of ether oxygens (including phenoxy) is 1. The number of fused-ring (bicyclic) bond motifs is 1. The number of alkyl halides is 3. The molecule has 0 fully saturated rings. The summed E-state index contributed by atoms with van der Waals surface area (Å²) >= 11 is 4.20. The molecule has 3 rings (SSSR count). The molecular formula is C18H19BrF3N3O3S. The molecule has 2 aromatic heterocycles. The Kier molecular flexibility index (Phi) is 6.09. The molecule has 29 heavy (non-hydrogen) atoms. The molecule has 11 heteroatoms. The smallest absolute Gasteiger partial charge is 0.436 e. The monoisotopic (exact) mass is 493 g/mol. The van der Waals surface area contributed by atoms with Crippen LogP contribution in [0.4, 0.5) is 18.2 Å². The first-order chi connectivity index (χ1) is 13.5. The van der Waals surface area contributed by atoms with Gasteiger partial charge in [-0.1, -0.05) is 6.92 Å². The van der Waals surface area contributed by atoms with Crippen molar-refractivity contribution >= 4 is 44.1 Å². The number of hydrogen-bond donors (Lipinski definition) is 1. The molecule has 2 aromatic rings. The highest BCUT2D eigenvalue weighted by atomic mass is 79.9. The summed E-state index contributed by atoms with van der Waals surface area (Å²) in [6.07, 6.45) is -2.18. The lowest BCUT2D eigenvalue weighted by Gasteiger charge is -2.18. The predicted molar refractivity (Wildman–Crippen MR) is 105 cm³/mol. The van der Waals surface area contributed by atoms with Crippen molar-refractivity contribution in [2.45, 2.75) is 45.8 Å². The van der Waals surface area contributed by atoms with E-state index in [-0.39, 0.29) is 10.2 Å². The second-order valence-corrected chi connectivity index (χ2v) is 8.90. The van der Waals surface area contributed by atoms with Crippen molar-refractivity contribution < 1.29 is 27.5 Å². The number of rotatable bonds is 4. The summed E-state index contributed by atoms with van der Waals surface area (Å²) in [7, 11) is 1.27. The van der Waals surface area contributed by atoms with Crippen molar-refractivity contribution in [1.29, 1.82) is 0 Å². The van der Waals surface area contributed by atoms with E-state index in [1.54, 1.807) is 0 Å². The molecule has 1 N–H and O–H groups in total. The summed E-state index contributed by atoms with van der Waals surface area (Å²) in [6, 6.07) is 0. The van der Waals surface area contributed by atoms with Gasteiger partial charge < -0.3 is 10.1 Å². The van der Waals surface area contributed by atoms with Gasteiger partial charge in [0.25, 0.3) is 0 Å². The third-order valence-corrected chi connectivity index (χ3v) is 6.97. The molecule has 0 bridgehead atoms. The third-order valence-electron chi connectivity index (χ3n) is 4.85. The largest absolute Gasteiger partial charge is 0.465 e. The number of methoxy groups -OCH3 is 1. The lowest BCUT2D eigenvalue weighted by atomic mass is 9.88. The Hall–Kier alpha value is -1.88. The fourth-order valence-corrected chi connectivity index (χ4v) is 5.24. The average molecular weight is 494 g/mol. The van der Waals surface area contributed by atoms with Crippen LogP contribution in [0, 0.1) is 12.8 Å². The van der Waals surface area contributed by atoms with Gasteiger partial charge in [-0.3, -0.25) is 9.48 Å². The number of halogens is 4. The highest BCUT2D eigenvalue weighted by Crippen LogP contribution is 2.40. The van der Waals surface area contributed by atoms with Crippen LogP contribution in [-0.2, 0) is 35.1 Å². The number of thiophene rings is 1. The van der Waals surface area contributed by atoms with E-state index < -0.39 is 30.3 Å². The van der Waals surface area contributed by atoms with Crippen molar-refractivity contribution in [3.8, 4) is 0 Å². The maximum Gasteiger partial charge on any atom is 0.436 e.